The lowest BCUT2D eigenvalue weighted by Crippen LogP contribution is -1.82. The molecule has 0 N–H and O–H groups in total. The van der Waals surface area contributed by atoms with Crippen LogP contribution >= 0.6 is 35.3 Å². The van der Waals surface area contributed by atoms with Gasteiger partial charge in [-0.05, 0) is 0 Å². The third-order valence-corrected chi connectivity index (χ3v) is 5.77. The van der Waals surface area contributed by atoms with Gasteiger partial charge in [-0.25, -0.2) is 0 Å². The van der Waals surface area contributed by atoms with Crippen molar-refractivity contribution in [1.82, 2.24) is 0 Å². The molecule has 3 heteroatoms. The van der Waals surface area contributed by atoms with Gasteiger partial charge in [0.05, 0.1) is 3.91 Å². The van der Waals surface area contributed by atoms with Crippen LogP contribution in [-0.2, 0) is 0 Å². The third-order valence-electron chi connectivity index (χ3n) is 0.941. The largest absolute Gasteiger partial charge is 0.136 e. The molecule has 0 bridgehead atoms. The monoisotopic (exact) mass is 178 g/mol. The maximum absolute atomic E-state index is 3.68. The molecule has 0 aliphatic carbocycles. The van der Waals surface area contributed by atoms with E-state index in [1.807, 2.05) is 17.8 Å². The van der Waals surface area contributed by atoms with Crippen molar-refractivity contribution in [1.29, 1.82) is 0 Å². The van der Waals surface area contributed by atoms with E-state index in [0.29, 0.717) is 0 Å². The van der Waals surface area contributed by atoms with Crippen molar-refractivity contribution in [3.8, 4) is 0 Å². The summed E-state index contributed by atoms with van der Waals surface area (Å²) >= 11 is 6.11. The molecule has 0 radical (unpaired) electrons. The van der Waals surface area contributed by atoms with Gasteiger partial charge in [-0.1, -0.05) is 6.08 Å². The second-order valence-corrected chi connectivity index (χ2v) is 6.11. The fourth-order valence-corrected chi connectivity index (χ4v) is 4.81. The maximum atomic E-state index is 3.68. The van der Waals surface area contributed by atoms with E-state index in [4.69, 9.17) is 0 Å². The van der Waals surface area contributed by atoms with E-state index in [0.717, 1.165) is 9.67 Å². The first-order valence-electron chi connectivity index (χ1n) is 2.89. The molecule has 9 heavy (non-hydrogen) atoms. The first kappa shape index (κ1) is 7.89. The van der Waals surface area contributed by atoms with E-state index < -0.39 is 0 Å². The van der Waals surface area contributed by atoms with E-state index in [1.165, 1.54) is 11.5 Å². The molecule has 0 aromatic rings. The average molecular weight is 178 g/mol. The van der Waals surface area contributed by atoms with Gasteiger partial charge >= 0.3 is 0 Å². The first-order valence-corrected chi connectivity index (χ1v) is 6.04. The highest BCUT2D eigenvalue weighted by Crippen LogP contribution is 2.39. The summed E-state index contributed by atoms with van der Waals surface area (Å²) in [5.41, 5.74) is 0. The Kier molecular flexibility index (Phi) is 4.02. The second-order valence-electron chi connectivity index (χ2n) is 1.65. The van der Waals surface area contributed by atoms with Crippen LogP contribution in [-0.4, -0.2) is 21.2 Å². The van der Waals surface area contributed by atoms with E-state index >= 15 is 0 Å². The summed E-state index contributed by atoms with van der Waals surface area (Å²) in [6.07, 6.45) is 1.98. The molecule has 0 unspecified atom stereocenters. The van der Waals surface area contributed by atoms with Crippen molar-refractivity contribution in [3.05, 3.63) is 12.7 Å². The molecule has 0 aromatic carbocycles. The Morgan fingerprint density at radius 1 is 1.56 bits per heavy atom. The Hall–Kier alpha value is 0.790. The van der Waals surface area contributed by atoms with Crippen LogP contribution in [0.5, 0.6) is 0 Å². The molecule has 1 saturated heterocycles. The van der Waals surface area contributed by atoms with Crippen LogP contribution in [0.1, 0.15) is 0 Å². The Morgan fingerprint density at radius 3 is 2.78 bits per heavy atom. The minimum Gasteiger partial charge on any atom is -0.136 e. The van der Waals surface area contributed by atoms with Gasteiger partial charge in [0.25, 0.3) is 0 Å². The Morgan fingerprint density at radius 2 is 2.22 bits per heavy atom. The zero-order valence-electron chi connectivity index (χ0n) is 5.21. The average Bonchev–Trinajstić information content (AvgIpc) is 2.34. The summed E-state index contributed by atoms with van der Waals surface area (Å²) in [6.45, 7) is 3.68. The van der Waals surface area contributed by atoms with Crippen molar-refractivity contribution in [3.63, 3.8) is 0 Å². The number of rotatable bonds is 3. The van der Waals surface area contributed by atoms with Crippen LogP contribution < -0.4 is 0 Å². The van der Waals surface area contributed by atoms with Crippen LogP contribution in [0.4, 0.5) is 0 Å². The number of hydrogen-bond acceptors (Lipinski definition) is 3. The van der Waals surface area contributed by atoms with Crippen molar-refractivity contribution in [2.24, 2.45) is 0 Å². The van der Waals surface area contributed by atoms with Gasteiger partial charge < -0.3 is 0 Å². The Labute approximate surface area is 69.2 Å². The lowest BCUT2D eigenvalue weighted by atomic mass is 10.8. The first-order chi connectivity index (χ1) is 4.43. The second kappa shape index (κ2) is 4.58. The van der Waals surface area contributed by atoms with Gasteiger partial charge in [-0.2, -0.15) is 0 Å². The highest BCUT2D eigenvalue weighted by atomic mass is 32.3. The summed E-state index contributed by atoms with van der Waals surface area (Å²) in [4.78, 5) is 0. The standard InChI is InChI=1S/C6H10S3/c1-2-3-7-6-8-4-5-9-6/h2,6H,1,3-5H2. The summed E-state index contributed by atoms with van der Waals surface area (Å²) in [7, 11) is 0. The summed E-state index contributed by atoms with van der Waals surface area (Å²) < 4.78 is 0.794. The van der Waals surface area contributed by atoms with E-state index in [-0.39, 0.29) is 0 Å². The van der Waals surface area contributed by atoms with Crippen molar-refractivity contribution in [2.75, 3.05) is 17.3 Å². The van der Waals surface area contributed by atoms with Crippen LogP contribution in [0.2, 0.25) is 0 Å². The molecular formula is C6H10S3. The van der Waals surface area contributed by atoms with Crippen molar-refractivity contribution < 1.29 is 0 Å². The SMILES string of the molecule is C=CCSC1SCCS1. The van der Waals surface area contributed by atoms with Crippen LogP contribution in [0.25, 0.3) is 0 Å². The van der Waals surface area contributed by atoms with E-state index in [9.17, 15) is 0 Å². The molecule has 1 aliphatic heterocycles. The number of thioether (sulfide) groups is 3. The smallest absolute Gasteiger partial charge is 0.0959 e. The predicted molar refractivity (Wildman–Crippen MR) is 51.4 cm³/mol. The Bertz CT molecular complexity index is 86.3. The lowest BCUT2D eigenvalue weighted by Gasteiger charge is -2.02. The molecule has 52 valence electrons. The molecule has 1 fully saturated rings. The molecule has 1 rings (SSSR count). The topological polar surface area (TPSA) is 0 Å². The van der Waals surface area contributed by atoms with Gasteiger partial charge in [0.1, 0.15) is 0 Å². The molecule has 0 nitrogen and oxygen atoms in total. The molecule has 0 spiro atoms. The molecule has 0 amide bonds. The predicted octanol–water partition coefficient (Wildman–Crippen LogP) is 2.67. The van der Waals surface area contributed by atoms with E-state index in [2.05, 4.69) is 30.1 Å². The highest BCUT2D eigenvalue weighted by Gasteiger charge is 2.14. The van der Waals surface area contributed by atoms with Gasteiger partial charge in [0, 0.05) is 17.3 Å². The minimum absolute atomic E-state index is 0.794. The van der Waals surface area contributed by atoms with E-state index in [1.54, 1.807) is 0 Å². The van der Waals surface area contributed by atoms with Crippen LogP contribution in [0.15, 0.2) is 12.7 Å². The zero-order chi connectivity index (χ0) is 6.53. The van der Waals surface area contributed by atoms with Crippen LogP contribution in [0, 0.1) is 0 Å². The van der Waals surface area contributed by atoms with Crippen molar-refractivity contribution in [2.45, 2.75) is 3.91 Å². The molecule has 1 heterocycles. The molecular weight excluding hydrogens is 168 g/mol. The number of hydrogen-bond donors (Lipinski definition) is 0. The zero-order valence-corrected chi connectivity index (χ0v) is 7.66. The summed E-state index contributed by atoms with van der Waals surface area (Å²) in [5, 5.41) is 0. The fraction of sp³-hybridized carbons (Fsp3) is 0.667. The quantitative estimate of drug-likeness (QED) is 0.610. The summed E-state index contributed by atoms with van der Waals surface area (Å²) in [6, 6.07) is 0. The van der Waals surface area contributed by atoms with Gasteiger partial charge in [0.2, 0.25) is 0 Å². The highest BCUT2D eigenvalue weighted by molar-refractivity contribution is 8.34. The summed E-state index contributed by atoms with van der Waals surface area (Å²) in [5.74, 6) is 3.77. The van der Waals surface area contributed by atoms with Gasteiger partial charge in [-0.3, -0.25) is 0 Å². The molecule has 0 atom stereocenters. The third kappa shape index (κ3) is 2.92. The molecule has 0 aromatic heterocycles. The lowest BCUT2D eigenvalue weighted by molar-refractivity contribution is 1.59. The van der Waals surface area contributed by atoms with Gasteiger partial charge in [0.15, 0.2) is 0 Å². The molecule has 0 saturated carbocycles. The normalized spacial score (nSPS) is 20.4. The van der Waals surface area contributed by atoms with Gasteiger partial charge in [-0.15, -0.1) is 41.9 Å². The van der Waals surface area contributed by atoms with Crippen LogP contribution in [0.3, 0.4) is 0 Å². The minimum atomic E-state index is 0.794. The Balaban J connectivity index is 2.04. The maximum Gasteiger partial charge on any atom is 0.0959 e. The molecule has 1 aliphatic rings. The fourth-order valence-electron chi connectivity index (χ4n) is 0.580. The van der Waals surface area contributed by atoms with Crippen molar-refractivity contribution >= 4 is 35.3 Å².